The molecule has 0 saturated heterocycles. The lowest BCUT2D eigenvalue weighted by atomic mass is 9.82. The molecule has 2 nitrogen and oxygen atoms in total. The molecular formula is C20H14BrF3O2. The van der Waals surface area contributed by atoms with Crippen LogP contribution in [0.15, 0.2) is 46.9 Å². The van der Waals surface area contributed by atoms with Crippen molar-refractivity contribution in [2.24, 2.45) is 0 Å². The third kappa shape index (κ3) is 2.47. The molecule has 3 aromatic rings. The summed E-state index contributed by atoms with van der Waals surface area (Å²) in [5.74, 6) is -0.453. The van der Waals surface area contributed by atoms with E-state index in [-0.39, 0.29) is 16.9 Å². The van der Waals surface area contributed by atoms with E-state index in [0.29, 0.717) is 15.2 Å². The zero-order valence-corrected chi connectivity index (χ0v) is 15.5. The van der Waals surface area contributed by atoms with E-state index < -0.39 is 6.36 Å². The molecule has 0 atom stereocenters. The fourth-order valence-corrected chi connectivity index (χ4v) is 4.45. The molecule has 0 aliphatic heterocycles. The molecule has 1 aliphatic carbocycles. The summed E-state index contributed by atoms with van der Waals surface area (Å²) in [7, 11) is 0. The van der Waals surface area contributed by atoms with Gasteiger partial charge in [-0.1, -0.05) is 38.1 Å². The van der Waals surface area contributed by atoms with E-state index in [0.717, 1.165) is 22.3 Å². The van der Waals surface area contributed by atoms with Gasteiger partial charge < -0.3 is 9.84 Å². The minimum atomic E-state index is -4.80. The largest absolute Gasteiger partial charge is 0.573 e. The van der Waals surface area contributed by atoms with Gasteiger partial charge in [0.05, 0.1) is 0 Å². The first-order valence-corrected chi connectivity index (χ1v) is 8.74. The van der Waals surface area contributed by atoms with Crippen molar-refractivity contribution < 1.29 is 23.0 Å². The Kier molecular flexibility index (Phi) is 3.57. The smallest absolute Gasteiger partial charge is 0.507 e. The minimum absolute atomic E-state index is 0.0760. The van der Waals surface area contributed by atoms with Crippen LogP contribution in [-0.4, -0.2) is 11.5 Å². The zero-order valence-electron chi connectivity index (χ0n) is 13.9. The van der Waals surface area contributed by atoms with Crippen LogP contribution in [0.4, 0.5) is 13.2 Å². The second kappa shape index (κ2) is 5.39. The van der Waals surface area contributed by atoms with Gasteiger partial charge >= 0.3 is 6.36 Å². The number of phenols is 1. The van der Waals surface area contributed by atoms with Gasteiger partial charge in [0.15, 0.2) is 0 Å². The average Bonchev–Trinajstić information content (AvgIpc) is 2.75. The summed E-state index contributed by atoms with van der Waals surface area (Å²) in [4.78, 5) is 0. The molecule has 3 aromatic carbocycles. The molecule has 0 spiro atoms. The van der Waals surface area contributed by atoms with Crippen LogP contribution >= 0.6 is 15.9 Å². The number of benzene rings is 3. The van der Waals surface area contributed by atoms with Crippen molar-refractivity contribution in [3.8, 4) is 22.6 Å². The molecule has 0 bridgehead atoms. The van der Waals surface area contributed by atoms with Crippen molar-refractivity contribution in [2.45, 2.75) is 25.6 Å². The van der Waals surface area contributed by atoms with Gasteiger partial charge in [0.2, 0.25) is 0 Å². The Bertz CT molecular complexity index is 1060. The number of alkyl halides is 3. The Morgan fingerprint density at radius 3 is 2.42 bits per heavy atom. The van der Waals surface area contributed by atoms with Crippen molar-refractivity contribution in [1.29, 1.82) is 0 Å². The highest BCUT2D eigenvalue weighted by molar-refractivity contribution is 9.10. The van der Waals surface area contributed by atoms with Crippen molar-refractivity contribution in [1.82, 2.24) is 0 Å². The normalized spacial score (nSPS) is 15.0. The Balaban J connectivity index is 2.08. The Labute approximate surface area is 156 Å². The Morgan fingerprint density at radius 1 is 1.04 bits per heavy atom. The van der Waals surface area contributed by atoms with Crippen molar-refractivity contribution in [2.75, 3.05) is 0 Å². The first kappa shape index (κ1) is 17.2. The van der Waals surface area contributed by atoms with Crippen LogP contribution in [0.2, 0.25) is 0 Å². The number of ether oxygens (including phenoxy) is 1. The first-order valence-electron chi connectivity index (χ1n) is 7.95. The SMILES string of the molecule is CC1(C)c2ccccc2-c2c1cc(O)c1cc(OC(F)(F)F)cc(Br)c21. The number of phenolic OH excluding ortho intramolecular Hbond substituents is 1. The third-order valence-corrected chi connectivity index (χ3v) is 5.54. The highest BCUT2D eigenvalue weighted by Crippen LogP contribution is 2.54. The van der Waals surface area contributed by atoms with Gasteiger partial charge in [-0.15, -0.1) is 13.2 Å². The van der Waals surface area contributed by atoms with Gasteiger partial charge in [0.25, 0.3) is 0 Å². The summed E-state index contributed by atoms with van der Waals surface area (Å²) in [6.45, 7) is 4.13. The van der Waals surface area contributed by atoms with E-state index in [2.05, 4.69) is 34.5 Å². The molecule has 0 radical (unpaired) electrons. The van der Waals surface area contributed by atoms with E-state index in [4.69, 9.17) is 0 Å². The molecular weight excluding hydrogens is 409 g/mol. The fourth-order valence-electron chi connectivity index (χ4n) is 3.82. The number of fused-ring (bicyclic) bond motifs is 5. The number of aromatic hydroxyl groups is 1. The highest BCUT2D eigenvalue weighted by atomic mass is 79.9. The van der Waals surface area contributed by atoms with Gasteiger partial charge in [-0.25, -0.2) is 0 Å². The number of rotatable bonds is 1. The lowest BCUT2D eigenvalue weighted by Crippen LogP contribution is -2.17. The predicted octanol–water partition coefficient (Wildman–Crippen LogP) is 6.51. The topological polar surface area (TPSA) is 29.5 Å². The van der Waals surface area contributed by atoms with Gasteiger partial charge in [0.1, 0.15) is 11.5 Å². The lowest BCUT2D eigenvalue weighted by Gasteiger charge is -2.22. The first-order chi connectivity index (χ1) is 12.1. The van der Waals surface area contributed by atoms with E-state index in [1.807, 2.05) is 24.3 Å². The average molecular weight is 423 g/mol. The van der Waals surface area contributed by atoms with Crippen molar-refractivity contribution >= 4 is 26.7 Å². The molecule has 0 fully saturated rings. The Morgan fingerprint density at radius 2 is 1.73 bits per heavy atom. The summed E-state index contributed by atoms with van der Waals surface area (Å²) < 4.78 is 42.2. The maximum Gasteiger partial charge on any atom is 0.573 e. The van der Waals surface area contributed by atoms with E-state index in [1.54, 1.807) is 6.07 Å². The van der Waals surface area contributed by atoms with Crippen LogP contribution in [0.3, 0.4) is 0 Å². The molecule has 1 N–H and O–H groups in total. The van der Waals surface area contributed by atoms with Crippen LogP contribution in [0.25, 0.3) is 21.9 Å². The van der Waals surface area contributed by atoms with Crippen molar-refractivity contribution in [3.05, 3.63) is 58.1 Å². The molecule has 1 aliphatic rings. The van der Waals surface area contributed by atoms with E-state index >= 15 is 0 Å². The monoisotopic (exact) mass is 422 g/mol. The number of hydrogen-bond acceptors (Lipinski definition) is 2. The zero-order chi connectivity index (χ0) is 18.9. The number of hydrogen-bond donors (Lipinski definition) is 1. The molecule has 6 heteroatoms. The maximum atomic E-state index is 12.6. The summed E-state index contributed by atoms with van der Waals surface area (Å²) >= 11 is 3.37. The molecule has 4 rings (SSSR count). The van der Waals surface area contributed by atoms with Crippen LogP contribution in [0.1, 0.15) is 25.0 Å². The molecule has 0 aromatic heterocycles. The van der Waals surface area contributed by atoms with Gasteiger partial charge in [-0.05, 0) is 56.4 Å². The summed E-state index contributed by atoms with van der Waals surface area (Å²) in [6.07, 6.45) is -4.80. The number of halogens is 4. The molecule has 0 unspecified atom stereocenters. The summed E-state index contributed by atoms with van der Waals surface area (Å²) in [5.41, 5.74) is 3.67. The fraction of sp³-hybridized carbons (Fsp3) is 0.200. The molecule has 0 amide bonds. The van der Waals surface area contributed by atoms with Gasteiger partial charge in [0, 0.05) is 20.7 Å². The standard InChI is InChI=1S/C20H14BrF3O2/c1-19(2)13-6-4-3-5-11(13)17-14(19)9-16(25)12-7-10(26-20(22,23)24)8-15(21)18(12)17/h3-9,25H,1-2H3. The second-order valence-corrected chi connectivity index (χ2v) is 7.72. The lowest BCUT2D eigenvalue weighted by molar-refractivity contribution is -0.274. The van der Waals surface area contributed by atoms with Gasteiger partial charge in [-0.3, -0.25) is 0 Å². The molecule has 0 heterocycles. The van der Waals surface area contributed by atoms with Crippen LogP contribution in [-0.2, 0) is 5.41 Å². The van der Waals surface area contributed by atoms with Crippen LogP contribution in [0.5, 0.6) is 11.5 Å². The summed E-state index contributed by atoms with van der Waals surface area (Å²) in [5, 5.41) is 11.5. The quantitative estimate of drug-likeness (QED) is 0.484. The maximum absolute atomic E-state index is 12.6. The minimum Gasteiger partial charge on any atom is -0.507 e. The van der Waals surface area contributed by atoms with Crippen LogP contribution < -0.4 is 4.74 Å². The summed E-state index contributed by atoms with van der Waals surface area (Å²) in [6, 6.07) is 12.1. The molecule has 134 valence electrons. The van der Waals surface area contributed by atoms with E-state index in [1.165, 1.54) is 12.1 Å². The van der Waals surface area contributed by atoms with Crippen molar-refractivity contribution in [3.63, 3.8) is 0 Å². The molecule has 0 saturated carbocycles. The van der Waals surface area contributed by atoms with Gasteiger partial charge in [-0.2, -0.15) is 0 Å². The Hall–Kier alpha value is -2.21. The third-order valence-electron chi connectivity index (χ3n) is 4.92. The second-order valence-electron chi connectivity index (χ2n) is 6.86. The van der Waals surface area contributed by atoms with Crippen LogP contribution in [0, 0.1) is 0 Å². The highest BCUT2D eigenvalue weighted by Gasteiger charge is 2.38. The van der Waals surface area contributed by atoms with E-state index in [9.17, 15) is 18.3 Å². The molecule has 26 heavy (non-hydrogen) atoms. The predicted molar refractivity (Wildman–Crippen MR) is 97.6 cm³/mol.